The van der Waals surface area contributed by atoms with Crippen LogP contribution in [0.1, 0.15) is 25.3 Å². The number of carbonyl (C=O) groups excluding carboxylic acids is 1. The first-order chi connectivity index (χ1) is 10.7. The van der Waals surface area contributed by atoms with Crippen LogP contribution in [0.25, 0.3) is 0 Å². The van der Waals surface area contributed by atoms with Crippen molar-refractivity contribution in [3.63, 3.8) is 0 Å². The van der Waals surface area contributed by atoms with E-state index in [2.05, 4.69) is 20.9 Å². The van der Waals surface area contributed by atoms with Crippen molar-refractivity contribution in [2.75, 3.05) is 32.6 Å². The average Bonchev–Trinajstić information content (AvgIpc) is 2.51. The summed E-state index contributed by atoms with van der Waals surface area (Å²) in [7, 11) is 3.39. The number of aliphatic imine (C=N–C) groups is 1. The zero-order valence-corrected chi connectivity index (χ0v) is 13.6. The molecule has 1 rings (SSSR count). The summed E-state index contributed by atoms with van der Waals surface area (Å²) in [6, 6.07) is 7.79. The summed E-state index contributed by atoms with van der Waals surface area (Å²) in [5.41, 5.74) is 1.89. The quantitative estimate of drug-likeness (QED) is 0.388. The number of rotatable bonds is 8. The van der Waals surface area contributed by atoms with Crippen LogP contribution in [0.3, 0.4) is 0 Å². The second kappa shape index (κ2) is 10.6. The van der Waals surface area contributed by atoms with Crippen LogP contribution in [0.15, 0.2) is 29.3 Å². The molecular formula is C16H26N4O2. The Hall–Kier alpha value is -2.08. The van der Waals surface area contributed by atoms with Crippen molar-refractivity contribution in [2.45, 2.75) is 26.3 Å². The van der Waals surface area contributed by atoms with Crippen LogP contribution in [-0.4, -0.2) is 39.2 Å². The van der Waals surface area contributed by atoms with Gasteiger partial charge < -0.3 is 20.7 Å². The highest BCUT2D eigenvalue weighted by Crippen LogP contribution is 2.11. The first-order valence-electron chi connectivity index (χ1n) is 7.51. The van der Waals surface area contributed by atoms with Gasteiger partial charge in [-0.25, -0.2) is 0 Å². The predicted molar refractivity (Wildman–Crippen MR) is 90.1 cm³/mol. The van der Waals surface area contributed by atoms with Crippen molar-refractivity contribution in [2.24, 2.45) is 4.99 Å². The molecule has 6 heteroatoms. The van der Waals surface area contributed by atoms with E-state index in [1.165, 1.54) is 0 Å². The van der Waals surface area contributed by atoms with Crippen molar-refractivity contribution in [3.05, 3.63) is 29.8 Å². The molecule has 0 saturated carbocycles. The maximum Gasteiger partial charge on any atom is 0.224 e. The summed E-state index contributed by atoms with van der Waals surface area (Å²) in [6.07, 6.45) is 1.38. The molecule has 0 heterocycles. The molecule has 0 saturated heterocycles. The van der Waals surface area contributed by atoms with Gasteiger partial charge in [-0.2, -0.15) is 0 Å². The molecule has 1 aromatic carbocycles. The minimum absolute atomic E-state index is 0.0460. The Balaban J connectivity index is 2.50. The molecule has 0 unspecified atom stereocenters. The fourth-order valence-electron chi connectivity index (χ4n) is 1.89. The lowest BCUT2D eigenvalue weighted by Gasteiger charge is -2.12. The van der Waals surface area contributed by atoms with E-state index in [0.29, 0.717) is 26.1 Å². The number of methoxy groups -OCH3 is 1. The van der Waals surface area contributed by atoms with Gasteiger partial charge in [-0.3, -0.25) is 9.79 Å². The highest BCUT2D eigenvalue weighted by molar-refractivity contribution is 5.90. The molecule has 22 heavy (non-hydrogen) atoms. The SMILES string of the molecule is CCCC(=O)Nc1cccc(CNC(=NC)NCCOC)c1. The number of ether oxygens (including phenoxy) is 1. The number of hydrogen-bond acceptors (Lipinski definition) is 3. The fourth-order valence-corrected chi connectivity index (χ4v) is 1.89. The van der Waals surface area contributed by atoms with Crippen LogP contribution >= 0.6 is 0 Å². The Morgan fingerprint density at radius 3 is 2.82 bits per heavy atom. The molecule has 0 fully saturated rings. The topological polar surface area (TPSA) is 74.8 Å². The Labute approximate surface area is 132 Å². The van der Waals surface area contributed by atoms with E-state index in [9.17, 15) is 4.79 Å². The molecule has 0 aromatic heterocycles. The molecule has 0 aliphatic carbocycles. The van der Waals surface area contributed by atoms with Gasteiger partial charge in [0.05, 0.1) is 6.61 Å². The second-order valence-corrected chi connectivity index (χ2v) is 4.84. The van der Waals surface area contributed by atoms with Crippen LogP contribution in [0, 0.1) is 0 Å². The average molecular weight is 306 g/mol. The van der Waals surface area contributed by atoms with Gasteiger partial charge in [-0.1, -0.05) is 19.1 Å². The standard InChI is InChI=1S/C16H26N4O2/c1-4-6-15(21)20-14-8-5-7-13(11-14)12-19-16(17-2)18-9-10-22-3/h5,7-8,11H,4,6,9-10,12H2,1-3H3,(H,20,21)(H2,17,18,19). The Bertz CT molecular complexity index is 489. The smallest absolute Gasteiger partial charge is 0.224 e. The number of anilines is 1. The number of benzene rings is 1. The van der Waals surface area contributed by atoms with Crippen LogP contribution in [0.4, 0.5) is 5.69 Å². The van der Waals surface area contributed by atoms with E-state index in [1.807, 2.05) is 31.2 Å². The second-order valence-electron chi connectivity index (χ2n) is 4.84. The van der Waals surface area contributed by atoms with Gasteiger partial charge in [0, 0.05) is 39.4 Å². The Morgan fingerprint density at radius 2 is 2.14 bits per heavy atom. The number of guanidine groups is 1. The van der Waals surface area contributed by atoms with Crippen molar-refractivity contribution in [1.29, 1.82) is 0 Å². The van der Waals surface area contributed by atoms with Gasteiger partial charge in [-0.15, -0.1) is 0 Å². The number of hydrogen-bond donors (Lipinski definition) is 3. The number of amides is 1. The van der Waals surface area contributed by atoms with Crippen molar-refractivity contribution in [3.8, 4) is 0 Å². The maximum atomic E-state index is 11.6. The van der Waals surface area contributed by atoms with E-state index in [1.54, 1.807) is 14.2 Å². The summed E-state index contributed by atoms with van der Waals surface area (Å²) in [6.45, 7) is 3.94. The number of nitrogens with zero attached hydrogens (tertiary/aromatic N) is 1. The van der Waals surface area contributed by atoms with Gasteiger partial charge in [0.15, 0.2) is 5.96 Å². The lowest BCUT2D eigenvalue weighted by atomic mass is 10.2. The van der Waals surface area contributed by atoms with E-state index < -0.39 is 0 Å². The van der Waals surface area contributed by atoms with Crippen LogP contribution < -0.4 is 16.0 Å². The van der Waals surface area contributed by atoms with E-state index in [4.69, 9.17) is 4.74 Å². The summed E-state index contributed by atoms with van der Waals surface area (Å²) in [5, 5.41) is 9.27. The van der Waals surface area contributed by atoms with Gasteiger partial charge >= 0.3 is 0 Å². The van der Waals surface area contributed by atoms with E-state index in [-0.39, 0.29) is 5.91 Å². The molecule has 3 N–H and O–H groups in total. The molecule has 0 bridgehead atoms. The molecule has 0 radical (unpaired) electrons. The lowest BCUT2D eigenvalue weighted by molar-refractivity contribution is -0.116. The summed E-state index contributed by atoms with van der Waals surface area (Å²) < 4.78 is 4.99. The predicted octanol–water partition coefficient (Wildman–Crippen LogP) is 1.74. The van der Waals surface area contributed by atoms with E-state index in [0.717, 1.165) is 23.6 Å². The van der Waals surface area contributed by atoms with Gasteiger partial charge in [0.25, 0.3) is 0 Å². The monoisotopic (exact) mass is 306 g/mol. The van der Waals surface area contributed by atoms with Crippen molar-refractivity contribution >= 4 is 17.6 Å². The molecule has 0 atom stereocenters. The normalized spacial score (nSPS) is 11.1. The third kappa shape index (κ3) is 7.08. The zero-order valence-electron chi connectivity index (χ0n) is 13.6. The fraction of sp³-hybridized carbons (Fsp3) is 0.500. The summed E-state index contributed by atoms with van der Waals surface area (Å²) >= 11 is 0. The van der Waals surface area contributed by atoms with Gasteiger partial charge in [0.2, 0.25) is 5.91 Å². The zero-order chi connectivity index (χ0) is 16.2. The minimum atomic E-state index is 0.0460. The molecule has 0 spiro atoms. The molecule has 0 aliphatic heterocycles. The Morgan fingerprint density at radius 1 is 1.32 bits per heavy atom. The molecule has 6 nitrogen and oxygen atoms in total. The van der Waals surface area contributed by atoms with Crippen LogP contribution in [0.2, 0.25) is 0 Å². The van der Waals surface area contributed by atoms with Crippen molar-refractivity contribution < 1.29 is 9.53 Å². The highest BCUT2D eigenvalue weighted by atomic mass is 16.5. The number of carbonyl (C=O) groups is 1. The van der Waals surface area contributed by atoms with Gasteiger partial charge in [-0.05, 0) is 24.1 Å². The maximum absolute atomic E-state index is 11.6. The lowest BCUT2D eigenvalue weighted by Crippen LogP contribution is -2.38. The highest BCUT2D eigenvalue weighted by Gasteiger charge is 2.02. The van der Waals surface area contributed by atoms with Gasteiger partial charge in [0.1, 0.15) is 0 Å². The molecular weight excluding hydrogens is 280 g/mol. The van der Waals surface area contributed by atoms with Crippen molar-refractivity contribution in [1.82, 2.24) is 10.6 Å². The van der Waals surface area contributed by atoms with E-state index >= 15 is 0 Å². The van der Waals surface area contributed by atoms with Crippen LogP contribution in [-0.2, 0) is 16.1 Å². The molecule has 1 amide bonds. The molecule has 0 aliphatic rings. The minimum Gasteiger partial charge on any atom is -0.383 e. The first-order valence-corrected chi connectivity index (χ1v) is 7.51. The number of nitrogens with one attached hydrogen (secondary N) is 3. The van der Waals surface area contributed by atoms with Crippen LogP contribution in [0.5, 0.6) is 0 Å². The first kappa shape index (κ1) is 18.0. The summed E-state index contributed by atoms with van der Waals surface area (Å²) in [4.78, 5) is 15.8. The largest absolute Gasteiger partial charge is 0.383 e. The molecule has 1 aromatic rings. The Kier molecular flexibility index (Phi) is 8.67. The summed E-state index contributed by atoms with van der Waals surface area (Å²) in [5.74, 6) is 0.766. The molecule has 122 valence electrons. The third-order valence-electron chi connectivity index (χ3n) is 2.97. The third-order valence-corrected chi connectivity index (χ3v) is 2.97.